The second-order valence-corrected chi connectivity index (χ2v) is 7.02. The van der Waals surface area contributed by atoms with Gasteiger partial charge in [0.05, 0.1) is 6.42 Å². The summed E-state index contributed by atoms with van der Waals surface area (Å²) in [6.07, 6.45) is 4.61. The van der Waals surface area contributed by atoms with Crippen LogP contribution in [-0.4, -0.2) is 22.4 Å². The minimum atomic E-state index is -0.223. The number of hydrogen-bond acceptors (Lipinski definition) is 3. The smallest absolute Gasteiger partial charge is 0.254 e. The second kappa shape index (κ2) is 7.21. The molecule has 0 bridgehead atoms. The Labute approximate surface area is 147 Å². The van der Waals surface area contributed by atoms with E-state index < -0.39 is 0 Å². The largest absolute Gasteiger partial charge is 0.355 e. The number of H-pyrrole nitrogens is 1. The molecule has 3 rings (SSSR count). The molecule has 0 spiro atoms. The van der Waals surface area contributed by atoms with Crippen LogP contribution in [0, 0.1) is 13.8 Å². The molecule has 0 aliphatic heterocycles. The van der Waals surface area contributed by atoms with Crippen molar-refractivity contribution in [2.75, 3.05) is 6.54 Å². The first kappa shape index (κ1) is 17.4. The van der Waals surface area contributed by atoms with Crippen molar-refractivity contribution >= 4 is 5.91 Å². The van der Waals surface area contributed by atoms with Crippen LogP contribution in [0.1, 0.15) is 48.3 Å². The van der Waals surface area contributed by atoms with Crippen LogP contribution in [-0.2, 0) is 16.6 Å². The third-order valence-corrected chi connectivity index (χ3v) is 5.25. The van der Waals surface area contributed by atoms with Gasteiger partial charge in [-0.15, -0.1) is 0 Å². The van der Waals surface area contributed by atoms with Gasteiger partial charge in [-0.25, -0.2) is 4.98 Å². The van der Waals surface area contributed by atoms with Crippen molar-refractivity contribution < 1.29 is 4.79 Å². The summed E-state index contributed by atoms with van der Waals surface area (Å²) in [5, 5.41) is 3.06. The Morgan fingerprint density at radius 1 is 1.20 bits per heavy atom. The number of nitrogens with zero attached hydrogens (tertiary/aromatic N) is 1. The monoisotopic (exact) mass is 339 g/mol. The quantitative estimate of drug-likeness (QED) is 0.879. The number of aryl methyl sites for hydroxylation is 2. The molecule has 5 nitrogen and oxygen atoms in total. The third-order valence-electron chi connectivity index (χ3n) is 5.25. The Kier molecular flexibility index (Phi) is 5.02. The molecule has 5 heteroatoms. The van der Waals surface area contributed by atoms with Crippen LogP contribution in [0.25, 0.3) is 0 Å². The van der Waals surface area contributed by atoms with E-state index in [2.05, 4.69) is 39.6 Å². The molecule has 2 aromatic rings. The van der Waals surface area contributed by atoms with E-state index in [4.69, 9.17) is 0 Å². The molecule has 132 valence electrons. The van der Waals surface area contributed by atoms with E-state index in [1.54, 1.807) is 13.8 Å². The molecule has 1 fully saturated rings. The van der Waals surface area contributed by atoms with Gasteiger partial charge < -0.3 is 10.3 Å². The number of carbonyl (C=O) groups excluding carboxylic acids is 1. The summed E-state index contributed by atoms with van der Waals surface area (Å²) in [5.41, 5.74) is 2.15. The summed E-state index contributed by atoms with van der Waals surface area (Å²) >= 11 is 0. The third kappa shape index (κ3) is 3.81. The summed E-state index contributed by atoms with van der Waals surface area (Å²) in [7, 11) is 0. The highest BCUT2D eigenvalue weighted by Crippen LogP contribution is 2.40. The highest BCUT2D eigenvalue weighted by molar-refractivity contribution is 5.78. The molecule has 1 aromatic heterocycles. The minimum Gasteiger partial charge on any atom is -0.355 e. The van der Waals surface area contributed by atoms with Crippen molar-refractivity contribution in [3.05, 3.63) is 63.3 Å². The SMILES string of the molecule is Cc1nc(C)c(CC(=O)NCC2(c3ccccc3)CCCC2)c(=O)[nH]1. The Balaban J connectivity index is 1.70. The lowest BCUT2D eigenvalue weighted by molar-refractivity contribution is -0.120. The molecule has 1 heterocycles. The predicted octanol–water partition coefficient (Wildman–Crippen LogP) is 2.56. The van der Waals surface area contributed by atoms with E-state index in [1.165, 1.54) is 18.4 Å². The lowest BCUT2D eigenvalue weighted by Gasteiger charge is -2.30. The van der Waals surface area contributed by atoms with Crippen LogP contribution in [0.15, 0.2) is 35.1 Å². The number of rotatable bonds is 5. The van der Waals surface area contributed by atoms with Crippen molar-refractivity contribution in [3.63, 3.8) is 0 Å². The van der Waals surface area contributed by atoms with E-state index in [1.807, 2.05) is 6.07 Å². The molecule has 1 aliphatic carbocycles. The van der Waals surface area contributed by atoms with E-state index in [0.29, 0.717) is 23.6 Å². The van der Waals surface area contributed by atoms with Crippen LogP contribution in [0.4, 0.5) is 0 Å². The summed E-state index contributed by atoms with van der Waals surface area (Å²) in [6.45, 7) is 4.13. The van der Waals surface area contributed by atoms with Crippen molar-refractivity contribution in [2.24, 2.45) is 0 Å². The number of benzene rings is 1. The van der Waals surface area contributed by atoms with E-state index in [0.717, 1.165) is 12.8 Å². The van der Waals surface area contributed by atoms with Crippen molar-refractivity contribution in [1.82, 2.24) is 15.3 Å². The zero-order valence-corrected chi connectivity index (χ0v) is 14.9. The Morgan fingerprint density at radius 3 is 2.52 bits per heavy atom. The Hall–Kier alpha value is -2.43. The maximum Gasteiger partial charge on any atom is 0.254 e. The van der Waals surface area contributed by atoms with Gasteiger partial charge in [-0.1, -0.05) is 43.2 Å². The molecular formula is C20H25N3O2. The molecule has 0 unspecified atom stereocenters. The first-order chi connectivity index (χ1) is 12.0. The predicted molar refractivity (Wildman–Crippen MR) is 97.6 cm³/mol. The molecule has 0 saturated heterocycles. The van der Waals surface area contributed by atoms with Crippen LogP contribution >= 0.6 is 0 Å². The first-order valence-electron chi connectivity index (χ1n) is 8.89. The van der Waals surface area contributed by atoms with E-state index >= 15 is 0 Å². The average Bonchev–Trinajstić information content (AvgIpc) is 3.07. The van der Waals surface area contributed by atoms with Crippen molar-refractivity contribution in [1.29, 1.82) is 0 Å². The number of amides is 1. The van der Waals surface area contributed by atoms with Crippen LogP contribution in [0.3, 0.4) is 0 Å². The molecule has 0 atom stereocenters. The number of carbonyl (C=O) groups is 1. The zero-order valence-electron chi connectivity index (χ0n) is 14.9. The summed E-state index contributed by atoms with van der Waals surface area (Å²) < 4.78 is 0. The molecule has 1 amide bonds. The molecule has 25 heavy (non-hydrogen) atoms. The van der Waals surface area contributed by atoms with Gasteiger partial charge in [0.15, 0.2) is 0 Å². The lowest BCUT2D eigenvalue weighted by Crippen LogP contribution is -2.40. The van der Waals surface area contributed by atoms with Crippen molar-refractivity contribution in [3.8, 4) is 0 Å². The van der Waals surface area contributed by atoms with Gasteiger partial charge in [0.25, 0.3) is 5.56 Å². The van der Waals surface area contributed by atoms with E-state index in [-0.39, 0.29) is 23.3 Å². The average molecular weight is 339 g/mol. The van der Waals surface area contributed by atoms with Gasteiger partial charge in [0, 0.05) is 23.2 Å². The summed E-state index contributed by atoms with van der Waals surface area (Å²) in [6, 6.07) is 10.4. The number of hydrogen-bond donors (Lipinski definition) is 2. The number of aromatic amines is 1. The van der Waals surface area contributed by atoms with Gasteiger partial charge in [0.2, 0.25) is 5.91 Å². The highest BCUT2D eigenvalue weighted by atomic mass is 16.2. The molecule has 0 radical (unpaired) electrons. The molecule has 1 aliphatic rings. The van der Waals surface area contributed by atoms with Crippen LogP contribution in [0.2, 0.25) is 0 Å². The lowest BCUT2D eigenvalue weighted by atomic mass is 9.79. The molecule has 2 N–H and O–H groups in total. The molecule has 1 saturated carbocycles. The highest BCUT2D eigenvalue weighted by Gasteiger charge is 2.35. The van der Waals surface area contributed by atoms with Gasteiger partial charge in [0.1, 0.15) is 5.82 Å². The topological polar surface area (TPSA) is 74.8 Å². The minimum absolute atomic E-state index is 0.0178. The Bertz CT molecular complexity index is 805. The van der Waals surface area contributed by atoms with Crippen molar-refractivity contribution in [2.45, 2.75) is 51.4 Å². The van der Waals surface area contributed by atoms with E-state index in [9.17, 15) is 9.59 Å². The zero-order chi connectivity index (χ0) is 17.9. The Morgan fingerprint density at radius 2 is 1.88 bits per heavy atom. The number of nitrogens with one attached hydrogen (secondary N) is 2. The fourth-order valence-corrected chi connectivity index (χ4v) is 3.86. The maximum atomic E-state index is 12.4. The second-order valence-electron chi connectivity index (χ2n) is 7.02. The first-order valence-corrected chi connectivity index (χ1v) is 8.89. The van der Waals surface area contributed by atoms with Gasteiger partial charge >= 0.3 is 0 Å². The van der Waals surface area contributed by atoms with Gasteiger partial charge in [-0.2, -0.15) is 0 Å². The van der Waals surface area contributed by atoms with Crippen LogP contribution in [0.5, 0.6) is 0 Å². The van der Waals surface area contributed by atoms with Gasteiger partial charge in [-0.3, -0.25) is 9.59 Å². The summed E-state index contributed by atoms with van der Waals surface area (Å²) in [4.78, 5) is 31.4. The number of aromatic nitrogens is 2. The molecule has 1 aromatic carbocycles. The van der Waals surface area contributed by atoms with Crippen LogP contribution < -0.4 is 10.9 Å². The molecular weight excluding hydrogens is 314 g/mol. The maximum absolute atomic E-state index is 12.4. The standard InChI is InChI=1S/C20H25N3O2/c1-14-17(19(25)23-15(2)22-14)12-18(24)21-13-20(10-6-7-11-20)16-8-4-3-5-9-16/h3-5,8-9H,6-7,10-13H2,1-2H3,(H,21,24)(H,22,23,25). The fourth-order valence-electron chi connectivity index (χ4n) is 3.86. The normalized spacial score (nSPS) is 15.9. The summed E-state index contributed by atoms with van der Waals surface area (Å²) in [5.74, 6) is 0.446. The van der Waals surface area contributed by atoms with Gasteiger partial charge in [-0.05, 0) is 32.3 Å². The fraction of sp³-hybridized carbons (Fsp3) is 0.450.